The lowest BCUT2D eigenvalue weighted by atomic mass is 9.99. The number of ether oxygens (including phenoxy) is 2. The zero-order chi connectivity index (χ0) is 13.0. The standard InChI is InChI=1S/C8H18N2O7/c1-10(15)9-3-16-8-7(14)6(13)5(12)4(2-11)17-8/h4-9,11-15H,2-3H2,1H3. The molecule has 0 aromatic heterocycles. The normalized spacial score (nSPS) is 38.6. The number of aliphatic hydroxyl groups excluding tert-OH is 4. The molecule has 9 nitrogen and oxygen atoms in total. The van der Waals surface area contributed by atoms with Crippen LogP contribution in [0.25, 0.3) is 0 Å². The first-order chi connectivity index (χ1) is 7.97. The van der Waals surface area contributed by atoms with Gasteiger partial charge in [-0.2, -0.15) is 0 Å². The highest BCUT2D eigenvalue weighted by Gasteiger charge is 2.43. The van der Waals surface area contributed by atoms with Gasteiger partial charge in [0.25, 0.3) is 0 Å². The SMILES string of the molecule is CN(O)NCOC1OC(CO)C(O)C(O)C1O. The van der Waals surface area contributed by atoms with Gasteiger partial charge in [0.1, 0.15) is 31.1 Å². The van der Waals surface area contributed by atoms with Crippen molar-refractivity contribution in [2.45, 2.75) is 30.7 Å². The van der Waals surface area contributed by atoms with E-state index in [-0.39, 0.29) is 6.73 Å². The van der Waals surface area contributed by atoms with Gasteiger partial charge in [0.2, 0.25) is 0 Å². The van der Waals surface area contributed by atoms with Crippen LogP contribution >= 0.6 is 0 Å². The second-order valence-corrected chi connectivity index (χ2v) is 3.69. The molecule has 0 spiro atoms. The van der Waals surface area contributed by atoms with Gasteiger partial charge in [0.15, 0.2) is 6.29 Å². The van der Waals surface area contributed by atoms with Crippen LogP contribution < -0.4 is 5.43 Å². The molecule has 9 heteroatoms. The van der Waals surface area contributed by atoms with E-state index in [0.29, 0.717) is 5.17 Å². The fraction of sp³-hybridized carbons (Fsp3) is 1.00. The highest BCUT2D eigenvalue weighted by Crippen LogP contribution is 2.21. The van der Waals surface area contributed by atoms with Crippen molar-refractivity contribution in [3.63, 3.8) is 0 Å². The Hall–Kier alpha value is -0.360. The average molecular weight is 254 g/mol. The van der Waals surface area contributed by atoms with E-state index in [0.717, 1.165) is 0 Å². The first-order valence-electron chi connectivity index (χ1n) is 5.05. The molecule has 1 fully saturated rings. The molecular formula is C8H18N2O7. The number of nitrogens with one attached hydrogen (secondary N) is 1. The number of hydroxylamine groups is 1. The molecule has 5 unspecified atom stereocenters. The van der Waals surface area contributed by atoms with Crippen LogP contribution in [0.15, 0.2) is 0 Å². The first kappa shape index (κ1) is 14.7. The Balaban J connectivity index is 2.47. The van der Waals surface area contributed by atoms with Crippen molar-refractivity contribution in [2.24, 2.45) is 0 Å². The van der Waals surface area contributed by atoms with Gasteiger partial charge >= 0.3 is 0 Å². The van der Waals surface area contributed by atoms with Crippen molar-refractivity contribution in [2.75, 3.05) is 20.4 Å². The van der Waals surface area contributed by atoms with E-state index in [1.807, 2.05) is 0 Å². The van der Waals surface area contributed by atoms with Gasteiger partial charge in [-0.3, -0.25) is 5.21 Å². The van der Waals surface area contributed by atoms with Crippen molar-refractivity contribution >= 4 is 0 Å². The van der Waals surface area contributed by atoms with E-state index < -0.39 is 37.3 Å². The summed E-state index contributed by atoms with van der Waals surface area (Å²) < 4.78 is 10.0. The number of hydrazine groups is 1. The van der Waals surface area contributed by atoms with Crippen LogP contribution in [0.4, 0.5) is 0 Å². The molecule has 0 amide bonds. The maximum absolute atomic E-state index is 9.54. The minimum absolute atomic E-state index is 0.185. The minimum Gasteiger partial charge on any atom is -0.394 e. The summed E-state index contributed by atoms with van der Waals surface area (Å²) in [4.78, 5) is 0. The van der Waals surface area contributed by atoms with Gasteiger partial charge in [0, 0.05) is 7.05 Å². The topological polar surface area (TPSA) is 135 Å². The largest absolute Gasteiger partial charge is 0.394 e. The molecule has 0 radical (unpaired) electrons. The van der Waals surface area contributed by atoms with E-state index in [9.17, 15) is 15.3 Å². The Bertz CT molecular complexity index is 228. The zero-order valence-corrected chi connectivity index (χ0v) is 9.30. The summed E-state index contributed by atoms with van der Waals surface area (Å²) in [6.07, 6.45) is -6.55. The summed E-state index contributed by atoms with van der Waals surface area (Å²) in [6.45, 7) is -0.701. The molecule has 0 bridgehead atoms. The van der Waals surface area contributed by atoms with Gasteiger partial charge in [0.05, 0.1) is 6.61 Å². The molecule has 0 saturated carbocycles. The maximum atomic E-state index is 9.54. The van der Waals surface area contributed by atoms with Crippen LogP contribution in [0.1, 0.15) is 0 Å². The molecule has 1 aliphatic rings. The third kappa shape index (κ3) is 3.81. The molecule has 17 heavy (non-hydrogen) atoms. The number of nitrogens with zero attached hydrogens (tertiary/aromatic N) is 1. The van der Waals surface area contributed by atoms with Crippen LogP contribution in [0, 0.1) is 0 Å². The highest BCUT2D eigenvalue weighted by molar-refractivity contribution is 4.88. The van der Waals surface area contributed by atoms with E-state index in [4.69, 9.17) is 19.8 Å². The van der Waals surface area contributed by atoms with Crippen LogP contribution in [0.5, 0.6) is 0 Å². The van der Waals surface area contributed by atoms with E-state index in [1.54, 1.807) is 0 Å². The summed E-state index contributed by atoms with van der Waals surface area (Å²) in [5.74, 6) is 0. The summed E-state index contributed by atoms with van der Waals surface area (Å²) in [7, 11) is 1.32. The van der Waals surface area contributed by atoms with Crippen molar-refractivity contribution in [1.82, 2.24) is 10.6 Å². The molecule has 1 heterocycles. The second-order valence-electron chi connectivity index (χ2n) is 3.69. The third-order valence-electron chi connectivity index (χ3n) is 2.39. The van der Waals surface area contributed by atoms with E-state index >= 15 is 0 Å². The molecule has 102 valence electrons. The Labute approximate surface area is 97.7 Å². The Morgan fingerprint density at radius 1 is 1.24 bits per heavy atom. The number of rotatable bonds is 5. The molecule has 0 aromatic rings. The van der Waals surface area contributed by atoms with E-state index in [1.165, 1.54) is 7.05 Å². The Kier molecular flexibility index (Phi) is 5.66. The Morgan fingerprint density at radius 3 is 2.41 bits per heavy atom. The molecule has 6 N–H and O–H groups in total. The molecule has 1 saturated heterocycles. The summed E-state index contributed by atoms with van der Waals surface area (Å²) >= 11 is 0. The lowest BCUT2D eigenvalue weighted by Gasteiger charge is -2.39. The molecule has 0 aromatic carbocycles. The van der Waals surface area contributed by atoms with Crippen molar-refractivity contribution in [3.8, 4) is 0 Å². The van der Waals surface area contributed by atoms with Crippen LogP contribution in [0.3, 0.4) is 0 Å². The minimum atomic E-state index is -1.47. The number of aliphatic hydroxyl groups is 4. The predicted molar refractivity (Wildman–Crippen MR) is 52.4 cm³/mol. The lowest BCUT2D eigenvalue weighted by molar-refractivity contribution is -0.307. The van der Waals surface area contributed by atoms with Crippen LogP contribution in [0.2, 0.25) is 0 Å². The quantitative estimate of drug-likeness (QED) is 0.219. The molecule has 1 rings (SSSR count). The average Bonchev–Trinajstić information content (AvgIpc) is 2.29. The fourth-order valence-electron chi connectivity index (χ4n) is 1.42. The smallest absolute Gasteiger partial charge is 0.188 e. The number of hydrogen-bond acceptors (Lipinski definition) is 9. The molecule has 5 atom stereocenters. The van der Waals surface area contributed by atoms with E-state index in [2.05, 4.69) is 5.43 Å². The maximum Gasteiger partial charge on any atom is 0.188 e. The molecule has 1 aliphatic heterocycles. The zero-order valence-electron chi connectivity index (χ0n) is 9.30. The summed E-state index contributed by atoms with van der Waals surface area (Å²) in [5, 5.41) is 46.7. The van der Waals surface area contributed by atoms with Crippen molar-refractivity contribution in [1.29, 1.82) is 0 Å². The monoisotopic (exact) mass is 254 g/mol. The van der Waals surface area contributed by atoms with Crippen LogP contribution in [-0.2, 0) is 9.47 Å². The first-order valence-corrected chi connectivity index (χ1v) is 5.05. The van der Waals surface area contributed by atoms with Crippen molar-refractivity contribution in [3.05, 3.63) is 0 Å². The second kappa shape index (κ2) is 6.54. The third-order valence-corrected chi connectivity index (χ3v) is 2.39. The summed E-state index contributed by atoms with van der Waals surface area (Å²) in [6, 6.07) is 0. The van der Waals surface area contributed by atoms with Gasteiger partial charge in [-0.05, 0) is 0 Å². The van der Waals surface area contributed by atoms with Gasteiger partial charge < -0.3 is 29.9 Å². The Morgan fingerprint density at radius 2 is 1.88 bits per heavy atom. The van der Waals surface area contributed by atoms with Crippen molar-refractivity contribution < 1.29 is 35.1 Å². The fourth-order valence-corrected chi connectivity index (χ4v) is 1.42. The van der Waals surface area contributed by atoms with Gasteiger partial charge in [-0.25, -0.2) is 5.43 Å². The lowest BCUT2D eigenvalue weighted by Crippen LogP contribution is -2.59. The van der Waals surface area contributed by atoms with Gasteiger partial charge in [-0.15, -0.1) is 5.17 Å². The highest BCUT2D eigenvalue weighted by atomic mass is 16.7. The molecular weight excluding hydrogens is 236 g/mol. The predicted octanol–water partition coefficient (Wildman–Crippen LogP) is -3.41. The molecule has 0 aliphatic carbocycles. The van der Waals surface area contributed by atoms with Crippen LogP contribution in [-0.4, -0.2) is 81.9 Å². The number of hydrogen-bond donors (Lipinski definition) is 6. The summed E-state index contributed by atoms with van der Waals surface area (Å²) in [5.41, 5.74) is 2.34. The van der Waals surface area contributed by atoms with Gasteiger partial charge in [-0.1, -0.05) is 0 Å².